The van der Waals surface area contributed by atoms with E-state index in [1.54, 1.807) is 18.3 Å². The van der Waals surface area contributed by atoms with Gasteiger partial charge in [-0.25, -0.2) is 0 Å². The summed E-state index contributed by atoms with van der Waals surface area (Å²) >= 11 is 0. The Hall–Kier alpha value is -2.10. The fraction of sp³-hybridized carbons (Fsp3) is 0.231. The van der Waals surface area contributed by atoms with Gasteiger partial charge in [0.15, 0.2) is 5.78 Å². The Balaban J connectivity index is 2.29. The van der Waals surface area contributed by atoms with Gasteiger partial charge in [-0.1, -0.05) is 30.3 Å². The Morgan fingerprint density at radius 2 is 2.00 bits per heavy atom. The molecule has 0 aliphatic carbocycles. The maximum atomic E-state index is 12.2. The highest BCUT2D eigenvalue weighted by atomic mass is 16.5. The third-order valence-corrected chi connectivity index (χ3v) is 2.23. The van der Waals surface area contributed by atoms with Crippen LogP contribution in [0.4, 0.5) is 0 Å². The molecule has 2 rings (SSSR count). The van der Waals surface area contributed by atoms with Crippen molar-refractivity contribution in [3.63, 3.8) is 0 Å². The Morgan fingerprint density at radius 3 is 2.65 bits per heavy atom. The predicted octanol–water partition coefficient (Wildman–Crippen LogP) is 2.43. The van der Waals surface area contributed by atoms with E-state index in [2.05, 4.69) is 10.2 Å². The molecule has 2 aromatic rings. The lowest BCUT2D eigenvalue weighted by molar-refractivity contribution is 0.103. The normalized spacial score (nSPS) is 10.5. The summed E-state index contributed by atoms with van der Waals surface area (Å²) in [5.74, 6) is 0.267. The van der Waals surface area contributed by atoms with Gasteiger partial charge in [-0.2, -0.15) is 0 Å². The molecule has 0 unspecified atom stereocenters. The van der Waals surface area contributed by atoms with E-state index in [-0.39, 0.29) is 11.9 Å². The number of aromatic amines is 1. The number of hydrogen-bond donors (Lipinski definition) is 1. The van der Waals surface area contributed by atoms with E-state index in [1.807, 2.05) is 32.0 Å². The molecular formula is C13H14N2O2. The average Bonchev–Trinajstić information content (AvgIpc) is 2.76. The summed E-state index contributed by atoms with van der Waals surface area (Å²) in [5, 5.41) is 6.59. The summed E-state index contributed by atoms with van der Waals surface area (Å²) in [4.78, 5) is 12.2. The monoisotopic (exact) mass is 230 g/mol. The van der Waals surface area contributed by atoms with Crippen LogP contribution in [0.5, 0.6) is 5.88 Å². The number of ether oxygens (including phenoxy) is 1. The highest BCUT2D eigenvalue weighted by Crippen LogP contribution is 2.19. The van der Waals surface area contributed by atoms with Crippen molar-refractivity contribution < 1.29 is 9.53 Å². The minimum Gasteiger partial charge on any atom is -0.473 e. The molecule has 1 heterocycles. The van der Waals surface area contributed by atoms with Gasteiger partial charge in [-0.05, 0) is 13.8 Å². The van der Waals surface area contributed by atoms with E-state index >= 15 is 0 Å². The summed E-state index contributed by atoms with van der Waals surface area (Å²) in [6.45, 7) is 3.79. The van der Waals surface area contributed by atoms with E-state index in [0.29, 0.717) is 17.0 Å². The molecule has 0 aliphatic heterocycles. The zero-order valence-corrected chi connectivity index (χ0v) is 9.81. The van der Waals surface area contributed by atoms with Gasteiger partial charge in [0, 0.05) is 11.8 Å². The number of nitrogens with one attached hydrogen (secondary N) is 1. The first-order chi connectivity index (χ1) is 8.18. The molecule has 1 aromatic heterocycles. The molecule has 0 bridgehead atoms. The number of benzene rings is 1. The SMILES string of the molecule is CC(C)Oc1n[nH]cc1C(=O)c1ccccc1. The topological polar surface area (TPSA) is 55.0 Å². The Morgan fingerprint density at radius 1 is 1.29 bits per heavy atom. The van der Waals surface area contributed by atoms with Gasteiger partial charge >= 0.3 is 0 Å². The predicted molar refractivity (Wildman–Crippen MR) is 64.2 cm³/mol. The van der Waals surface area contributed by atoms with Crippen LogP contribution in [0, 0.1) is 0 Å². The Labute approximate surface area is 99.6 Å². The molecule has 1 N–H and O–H groups in total. The highest BCUT2D eigenvalue weighted by Gasteiger charge is 2.17. The van der Waals surface area contributed by atoms with Crippen molar-refractivity contribution in [2.24, 2.45) is 0 Å². The summed E-state index contributed by atoms with van der Waals surface area (Å²) < 4.78 is 5.46. The van der Waals surface area contributed by atoms with Crippen LogP contribution in [0.25, 0.3) is 0 Å². The summed E-state index contributed by atoms with van der Waals surface area (Å²) in [5.41, 5.74) is 1.09. The second kappa shape index (κ2) is 4.82. The molecule has 0 aliphatic rings. The van der Waals surface area contributed by atoms with Crippen LogP contribution in [0.15, 0.2) is 36.5 Å². The number of hydrogen-bond acceptors (Lipinski definition) is 3. The van der Waals surface area contributed by atoms with E-state index in [0.717, 1.165) is 0 Å². The van der Waals surface area contributed by atoms with Gasteiger partial charge in [0.05, 0.1) is 6.10 Å². The average molecular weight is 230 g/mol. The van der Waals surface area contributed by atoms with Crippen LogP contribution >= 0.6 is 0 Å². The fourth-order valence-corrected chi connectivity index (χ4v) is 1.50. The van der Waals surface area contributed by atoms with E-state index in [1.165, 1.54) is 0 Å². The molecule has 0 saturated carbocycles. The largest absolute Gasteiger partial charge is 0.473 e. The lowest BCUT2D eigenvalue weighted by Crippen LogP contribution is -2.10. The van der Waals surface area contributed by atoms with Gasteiger partial charge in [0.1, 0.15) is 5.56 Å². The molecule has 4 nitrogen and oxygen atoms in total. The van der Waals surface area contributed by atoms with Crippen LogP contribution in [0.2, 0.25) is 0 Å². The highest BCUT2D eigenvalue weighted by molar-refractivity contribution is 6.10. The minimum atomic E-state index is -0.0880. The van der Waals surface area contributed by atoms with Crippen LogP contribution in [-0.4, -0.2) is 22.1 Å². The minimum absolute atomic E-state index is 0.0133. The maximum Gasteiger partial charge on any atom is 0.244 e. The van der Waals surface area contributed by atoms with Crippen molar-refractivity contribution in [2.45, 2.75) is 20.0 Å². The molecule has 4 heteroatoms. The molecular weight excluding hydrogens is 216 g/mol. The summed E-state index contributed by atoms with van der Waals surface area (Å²) in [6.07, 6.45) is 1.55. The van der Waals surface area contributed by atoms with Crippen molar-refractivity contribution in [2.75, 3.05) is 0 Å². The third-order valence-electron chi connectivity index (χ3n) is 2.23. The van der Waals surface area contributed by atoms with E-state index in [9.17, 15) is 4.79 Å². The zero-order valence-electron chi connectivity index (χ0n) is 9.81. The second-order valence-electron chi connectivity index (χ2n) is 3.97. The molecule has 0 atom stereocenters. The first-order valence-corrected chi connectivity index (χ1v) is 5.48. The molecule has 0 fully saturated rings. The summed E-state index contributed by atoms with van der Waals surface area (Å²) in [7, 11) is 0. The van der Waals surface area contributed by atoms with Gasteiger partial charge < -0.3 is 4.74 Å². The lowest BCUT2D eigenvalue weighted by atomic mass is 10.1. The maximum absolute atomic E-state index is 12.2. The van der Waals surface area contributed by atoms with Crippen LogP contribution in [0.3, 0.4) is 0 Å². The molecule has 0 saturated heterocycles. The second-order valence-corrected chi connectivity index (χ2v) is 3.97. The standard InChI is InChI=1S/C13H14N2O2/c1-9(2)17-13-11(8-14-15-13)12(16)10-6-4-3-5-7-10/h3-9H,1-2H3,(H,14,15). The first-order valence-electron chi connectivity index (χ1n) is 5.48. The number of carbonyl (C=O) groups excluding carboxylic acids is 1. The van der Waals surface area contributed by atoms with E-state index in [4.69, 9.17) is 4.74 Å². The van der Waals surface area contributed by atoms with Crippen LogP contribution in [0.1, 0.15) is 29.8 Å². The number of nitrogens with zero attached hydrogens (tertiary/aromatic N) is 1. The quantitative estimate of drug-likeness (QED) is 0.821. The molecule has 0 spiro atoms. The Kier molecular flexibility index (Phi) is 3.23. The summed E-state index contributed by atoms with van der Waals surface area (Å²) in [6, 6.07) is 9.08. The Bertz CT molecular complexity index is 503. The van der Waals surface area contributed by atoms with Crippen molar-refractivity contribution in [3.8, 4) is 5.88 Å². The molecule has 88 valence electrons. The number of rotatable bonds is 4. The first kappa shape index (κ1) is 11.4. The smallest absolute Gasteiger partial charge is 0.244 e. The molecule has 0 radical (unpaired) electrons. The van der Waals surface area contributed by atoms with Crippen molar-refractivity contribution in [3.05, 3.63) is 47.7 Å². The lowest BCUT2D eigenvalue weighted by Gasteiger charge is -2.07. The van der Waals surface area contributed by atoms with Gasteiger partial charge in [-0.15, -0.1) is 5.10 Å². The molecule has 0 amide bonds. The van der Waals surface area contributed by atoms with Crippen molar-refractivity contribution in [1.82, 2.24) is 10.2 Å². The zero-order chi connectivity index (χ0) is 12.3. The van der Waals surface area contributed by atoms with E-state index < -0.39 is 0 Å². The molecule has 17 heavy (non-hydrogen) atoms. The van der Waals surface area contributed by atoms with Gasteiger partial charge in [-0.3, -0.25) is 9.89 Å². The fourth-order valence-electron chi connectivity index (χ4n) is 1.50. The third kappa shape index (κ3) is 2.53. The number of aromatic nitrogens is 2. The van der Waals surface area contributed by atoms with Crippen molar-refractivity contribution >= 4 is 5.78 Å². The number of ketones is 1. The number of carbonyl (C=O) groups is 1. The van der Waals surface area contributed by atoms with Gasteiger partial charge in [0.2, 0.25) is 5.88 Å². The van der Waals surface area contributed by atoms with Crippen molar-refractivity contribution in [1.29, 1.82) is 0 Å². The van der Waals surface area contributed by atoms with Crippen LogP contribution in [-0.2, 0) is 0 Å². The number of H-pyrrole nitrogens is 1. The van der Waals surface area contributed by atoms with Crippen LogP contribution < -0.4 is 4.74 Å². The molecule has 1 aromatic carbocycles. The van der Waals surface area contributed by atoms with Gasteiger partial charge in [0.25, 0.3) is 0 Å².